The van der Waals surface area contributed by atoms with Crippen LogP contribution in [0.25, 0.3) is 0 Å². The van der Waals surface area contributed by atoms with E-state index in [0.29, 0.717) is 25.8 Å². The molecule has 2 aromatic rings. The maximum absolute atomic E-state index is 13.2. The summed E-state index contributed by atoms with van der Waals surface area (Å²) in [6, 6.07) is 12.2. The number of carbonyl (C=O) groups excluding carboxylic acids is 1. The van der Waals surface area contributed by atoms with E-state index < -0.39 is 27.4 Å². The van der Waals surface area contributed by atoms with Crippen LogP contribution in [0.4, 0.5) is 4.39 Å². The van der Waals surface area contributed by atoms with Gasteiger partial charge in [-0.25, -0.2) is 12.8 Å². The molecule has 1 fully saturated rings. The summed E-state index contributed by atoms with van der Waals surface area (Å²) in [4.78, 5) is 13.2. The third-order valence-electron chi connectivity index (χ3n) is 5.90. The Hall–Kier alpha value is -2.45. The monoisotopic (exact) mass is 446 g/mol. The number of rotatable bonds is 4. The van der Waals surface area contributed by atoms with Crippen LogP contribution in [0, 0.1) is 11.7 Å². The van der Waals surface area contributed by atoms with Crippen LogP contribution in [-0.4, -0.2) is 37.3 Å². The summed E-state index contributed by atoms with van der Waals surface area (Å²) in [5.74, 6) is -0.332. The van der Waals surface area contributed by atoms with E-state index in [1.807, 2.05) is 38.1 Å². The van der Waals surface area contributed by atoms with Gasteiger partial charge in [-0.1, -0.05) is 18.2 Å². The van der Waals surface area contributed by atoms with Crippen molar-refractivity contribution < 1.29 is 22.3 Å². The summed E-state index contributed by atoms with van der Waals surface area (Å²) >= 11 is 0. The van der Waals surface area contributed by atoms with Crippen LogP contribution < -0.4 is 10.1 Å². The molecule has 2 aromatic carbocycles. The topological polar surface area (TPSA) is 75.7 Å². The lowest BCUT2D eigenvalue weighted by Gasteiger charge is -2.39. The molecule has 2 aliphatic rings. The fourth-order valence-corrected chi connectivity index (χ4v) is 5.87. The minimum Gasteiger partial charge on any atom is -0.487 e. The average molecular weight is 447 g/mol. The van der Waals surface area contributed by atoms with Gasteiger partial charge >= 0.3 is 0 Å². The molecule has 1 N–H and O–H groups in total. The predicted octanol–water partition coefficient (Wildman–Crippen LogP) is 3.65. The molecule has 0 unspecified atom stereocenters. The van der Waals surface area contributed by atoms with Crippen molar-refractivity contribution in [3.8, 4) is 5.75 Å². The van der Waals surface area contributed by atoms with E-state index in [-0.39, 0.29) is 23.4 Å². The van der Waals surface area contributed by atoms with Crippen LogP contribution >= 0.6 is 0 Å². The first-order valence-corrected chi connectivity index (χ1v) is 11.9. The zero-order chi connectivity index (χ0) is 22.2. The van der Waals surface area contributed by atoms with Crippen molar-refractivity contribution in [2.24, 2.45) is 5.92 Å². The summed E-state index contributed by atoms with van der Waals surface area (Å²) < 4.78 is 46.5. The Balaban J connectivity index is 1.49. The molecule has 4 rings (SSSR count). The van der Waals surface area contributed by atoms with Crippen LogP contribution in [0.5, 0.6) is 5.75 Å². The lowest BCUT2D eigenvalue weighted by atomic mass is 9.89. The molecule has 2 atom stereocenters. The molecule has 1 amide bonds. The van der Waals surface area contributed by atoms with Crippen molar-refractivity contribution in [3.05, 3.63) is 59.9 Å². The molecule has 1 saturated heterocycles. The highest BCUT2D eigenvalue weighted by atomic mass is 32.2. The van der Waals surface area contributed by atoms with Gasteiger partial charge in [-0.3, -0.25) is 4.79 Å². The molecule has 0 aliphatic carbocycles. The molecule has 2 aliphatic heterocycles. The second kappa shape index (κ2) is 8.24. The summed E-state index contributed by atoms with van der Waals surface area (Å²) in [6.45, 7) is 4.43. The Morgan fingerprint density at radius 1 is 1.16 bits per heavy atom. The van der Waals surface area contributed by atoms with E-state index in [4.69, 9.17) is 4.74 Å². The smallest absolute Gasteiger partial charge is 0.243 e. The van der Waals surface area contributed by atoms with Crippen molar-refractivity contribution in [3.63, 3.8) is 0 Å². The fourth-order valence-electron chi connectivity index (χ4n) is 4.35. The number of para-hydroxylation sites is 1. The Labute approximate surface area is 182 Å². The van der Waals surface area contributed by atoms with E-state index >= 15 is 0 Å². The quantitative estimate of drug-likeness (QED) is 0.778. The van der Waals surface area contributed by atoms with E-state index in [0.717, 1.165) is 23.4 Å². The molecule has 0 bridgehead atoms. The van der Waals surface area contributed by atoms with Gasteiger partial charge in [-0.2, -0.15) is 4.31 Å². The highest BCUT2D eigenvalue weighted by Gasteiger charge is 2.37. The van der Waals surface area contributed by atoms with Crippen LogP contribution in [0.3, 0.4) is 0 Å². The molecule has 0 aromatic heterocycles. The Bertz CT molecular complexity index is 1070. The number of nitrogens with zero attached hydrogens (tertiary/aromatic N) is 1. The summed E-state index contributed by atoms with van der Waals surface area (Å²) in [7, 11) is -3.78. The summed E-state index contributed by atoms with van der Waals surface area (Å²) in [6.07, 6.45) is 1.84. The van der Waals surface area contributed by atoms with Crippen molar-refractivity contribution in [1.82, 2.24) is 9.62 Å². The average Bonchev–Trinajstić information content (AvgIpc) is 2.73. The zero-order valence-electron chi connectivity index (χ0n) is 17.7. The number of amides is 1. The van der Waals surface area contributed by atoms with Gasteiger partial charge in [0, 0.05) is 25.1 Å². The number of benzene rings is 2. The number of fused-ring (bicyclic) bond motifs is 1. The van der Waals surface area contributed by atoms with E-state index in [1.165, 1.54) is 16.4 Å². The van der Waals surface area contributed by atoms with Gasteiger partial charge in [-0.05, 0) is 57.0 Å². The van der Waals surface area contributed by atoms with Gasteiger partial charge in [0.25, 0.3) is 0 Å². The SMILES string of the molecule is CC1(C)C[C@H](NC(=O)[C@H]2CCCN(S(=O)(=O)c3ccc(F)cc3)C2)c2ccccc2O1. The van der Waals surface area contributed by atoms with E-state index in [1.54, 1.807) is 0 Å². The molecule has 31 heavy (non-hydrogen) atoms. The van der Waals surface area contributed by atoms with Crippen LogP contribution in [-0.2, 0) is 14.8 Å². The summed E-state index contributed by atoms with van der Waals surface area (Å²) in [5, 5.41) is 3.13. The van der Waals surface area contributed by atoms with Gasteiger partial charge in [0.2, 0.25) is 15.9 Å². The van der Waals surface area contributed by atoms with Gasteiger partial charge in [0.05, 0.1) is 16.9 Å². The molecule has 6 nitrogen and oxygen atoms in total. The molecular formula is C23H27FN2O4S. The molecule has 2 heterocycles. The second-order valence-electron chi connectivity index (χ2n) is 8.82. The first-order chi connectivity index (χ1) is 14.7. The Kier molecular flexibility index (Phi) is 5.79. The number of piperidine rings is 1. The van der Waals surface area contributed by atoms with E-state index in [9.17, 15) is 17.6 Å². The molecular weight excluding hydrogens is 419 g/mol. The van der Waals surface area contributed by atoms with Crippen LogP contribution in [0.1, 0.15) is 44.7 Å². The zero-order valence-corrected chi connectivity index (χ0v) is 18.5. The Morgan fingerprint density at radius 2 is 1.87 bits per heavy atom. The highest BCUT2D eigenvalue weighted by molar-refractivity contribution is 7.89. The normalized spacial score (nSPS) is 23.5. The minimum atomic E-state index is -3.78. The minimum absolute atomic E-state index is 0.0371. The molecule has 8 heteroatoms. The maximum Gasteiger partial charge on any atom is 0.243 e. The Morgan fingerprint density at radius 3 is 2.61 bits per heavy atom. The van der Waals surface area contributed by atoms with Gasteiger partial charge in [-0.15, -0.1) is 0 Å². The van der Waals surface area contributed by atoms with Gasteiger partial charge in [0.15, 0.2) is 0 Å². The van der Waals surface area contributed by atoms with Gasteiger partial charge in [0.1, 0.15) is 17.2 Å². The lowest BCUT2D eigenvalue weighted by Crippen LogP contribution is -2.48. The first-order valence-electron chi connectivity index (χ1n) is 10.5. The molecule has 0 radical (unpaired) electrons. The number of sulfonamides is 1. The lowest BCUT2D eigenvalue weighted by molar-refractivity contribution is -0.127. The maximum atomic E-state index is 13.2. The first kappa shape index (κ1) is 21.8. The number of nitrogens with one attached hydrogen (secondary N) is 1. The number of hydrogen-bond donors (Lipinski definition) is 1. The van der Waals surface area contributed by atoms with Crippen molar-refractivity contribution >= 4 is 15.9 Å². The van der Waals surface area contributed by atoms with Gasteiger partial charge < -0.3 is 10.1 Å². The number of hydrogen-bond acceptors (Lipinski definition) is 4. The predicted molar refractivity (Wildman–Crippen MR) is 115 cm³/mol. The second-order valence-corrected chi connectivity index (χ2v) is 10.8. The third kappa shape index (κ3) is 4.60. The molecule has 0 saturated carbocycles. The third-order valence-corrected chi connectivity index (χ3v) is 7.78. The van der Waals surface area contributed by atoms with Crippen molar-refractivity contribution in [2.45, 2.75) is 49.6 Å². The van der Waals surface area contributed by atoms with Crippen molar-refractivity contribution in [1.29, 1.82) is 0 Å². The standard InChI is InChI=1S/C23H27FN2O4S/c1-23(2)14-20(19-7-3-4-8-21(19)30-23)25-22(27)16-6-5-13-26(15-16)31(28,29)18-11-9-17(24)10-12-18/h3-4,7-12,16,20H,5-6,13-15H2,1-2H3,(H,25,27)/t16-,20-/m0/s1. The largest absolute Gasteiger partial charge is 0.487 e. The molecule has 0 spiro atoms. The number of carbonyl (C=O) groups is 1. The number of halogens is 1. The molecule has 166 valence electrons. The van der Waals surface area contributed by atoms with Crippen molar-refractivity contribution in [2.75, 3.05) is 13.1 Å². The summed E-state index contributed by atoms with van der Waals surface area (Å²) in [5.41, 5.74) is 0.512. The van der Waals surface area contributed by atoms with Crippen LogP contribution in [0.2, 0.25) is 0 Å². The highest BCUT2D eigenvalue weighted by Crippen LogP contribution is 2.39. The van der Waals surface area contributed by atoms with E-state index in [2.05, 4.69) is 5.32 Å². The van der Waals surface area contributed by atoms with Crippen LogP contribution in [0.15, 0.2) is 53.4 Å². The number of ether oxygens (including phenoxy) is 1. The fraction of sp³-hybridized carbons (Fsp3) is 0.435.